The number of hydrogen-bond donors (Lipinski definition) is 2. The van der Waals surface area contributed by atoms with Gasteiger partial charge in [0.15, 0.2) is 5.82 Å². The number of nitrogens with one attached hydrogen (secondary N) is 1. The SMILES string of the molecule is CC[C@@H]1CN(c2nc(OCC34CCCN3CCC(F)(F)C4)nc3c(F)c(-c4cc(O)cc5cccc(Cl)c45)c(F)cc23)CC(C)(C)N1. The second kappa shape index (κ2) is 11.6. The number of nitrogens with zero attached hydrogens (tertiary/aromatic N) is 4. The molecule has 3 aromatic carbocycles. The Morgan fingerprint density at radius 2 is 1.91 bits per heavy atom. The number of phenolic OH excluding ortho intramolecular Hbond substituents is 1. The first kappa shape index (κ1) is 32.2. The lowest BCUT2D eigenvalue weighted by atomic mass is 9.85. The summed E-state index contributed by atoms with van der Waals surface area (Å²) >= 11 is 6.53. The molecule has 3 aliphatic rings. The van der Waals surface area contributed by atoms with Gasteiger partial charge in [-0.15, -0.1) is 0 Å². The van der Waals surface area contributed by atoms with Crippen molar-refractivity contribution in [3.8, 4) is 22.9 Å². The second-order valence-corrected chi connectivity index (χ2v) is 14.4. The zero-order valence-corrected chi connectivity index (χ0v) is 27.4. The van der Waals surface area contributed by atoms with E-state index in [4.69, 9.17) is 21.3 Å². The van der Waals surface area contributed by atoms with E-state index < -0.39 is 28.7 Å². The fourth-order valence-electron chi connectivity index (χ4n) is 7.95. The number of anilines is 1. The van der Waals surface area contributed by atoms with E-state index in [1.807, 2.05) is 4.90 Å². The van der Waals surface area contributed by atoms with Crippen molar-refractivity contribution in [2.45, 2.75) is 75.9 Å². The molecule has 1 unspecified atom stereocenters. The minimum atomic E-state index is -2.81. The van der Waals surface area contributed by atoms with Gasteiger partial charge in [0.2, 0.25) is 0 Å². The highest BCUT2D eigenvalue weighted by Crippen LogP contribution is 2.45. The van der Waals surface area contributed by atoms with Crippen LogP contribution in [0.1, 0.15) is 52.9 Å². The molecule has 0 amide bonds. The third kappa shape index (κ3) is 5.84. The molecule has 250 valence electrons. The number of ether oxygens (including phenoxy) is 1. The predicted molar refractivity (Wildman–Crippen MR) is 176 cm³/mol. The number of fused-ring (bicyclic) bond motifs is 3. The average Bonchev–Trinajstić information content (AvgIpc) is 3.41. The standard InChI is InChI=1S/C35H38ClF4N5O2/c1-4-21-16-44(18-33(2,3)43-21)31-24-15-26(37)28(23-14-22(46)13-20-7-5-8-25(36)27(20)23)29(38)30(24)41-32(42-31)47-19-34-9-6-11-45(34)12-10-35(39,40)17-34/h5,7-8,13-15,21,43,46H,4,6,9-12,16-19H2,1-3H3/t21-,34?/m1/s1. The first-order valence-corrected chi connectivity index (χ1v) is 16.6. The molecular formula is C35H38ClF4N5O2. The van der Waals surface area contributed by atoms with Crippen LogP contribution in [-0.4, -0.2) is 75.8 Å². The lowest BCUT2D eigenvalue weighted by molar-refractivity contribution is -0.112. The molecule has 0 bridgehead atoms. The molecule has 47 heavy (non-hydrogen) atoms. The van der Waals surface area contributed by atoms with Crippen LogP contribution in [0.15, 0.2) is 36.4 Å². The number of phenols is 1. The maximum absolute atomic E-state index is 16.9. The minimum Gasteiger partial charge on any atom is -0.508 e. The van der Waals surface area contributed by atoms with Crippen molar-refractivity contribution in [3.05, 3.63) is 53.1 Å². The number of hydrogen-bond acceptors (Lipinski definition) is 7. The third-order valence-electron chi connectivity index (χ3n) is 9.98. The molecule has 1 aromatic heterocycles. The number of halogens is 5. The van der Waals surface area contributed by atoms with Crippen molar-refractivity contribution in [3.63, 3.8) is 0 Å². The van der Waals surface area contributed by atoms with Crippen molar-refractivity contribution >= 4 is 39.1 Å². The molecule has 4 heterocycles. The highest BCUT2D eigenvalue weighted by atomic mass is 35.5. The van der Waals surface area contributed by atoms with Crippen LogP contribution >= 0.6 is 11.6 Å². The predicted octanol–water partition coefficient (Wildman–Crippen LogP) is 7.70. The Labute approximate surface area is 275 Å². The number of aromatic hydroxyl groups is 1. The van der Waals surface area contributed by atoms with E-state index in [1.54, 1.807) is 18.2 Å². The Kier molecular flexibility index (Phi) is 7.96. The summed E-state index contributed by atoms with van der Waals surface area (Å²) in [5, 5.41) is 15.4. The van der Waals surface area contributed by atoms with Gasteiger partial charge in [-0.3, -0.25) is 4.90 Å². The second-order valence-electron chi connectivity index (χ2n) is 14.0. The topological polar surface area (TPSA) is 73.8 Å². The summed E-state index contributed by atoms with van der Waals surface area (Å²) in [5.41, 5.74) is -1.73. The molecule has 12 heteroatoms. The van der Waals surface area contributed by atoms with Crippen molar-refractivity contribution in [2.75, 3.05) is 37.7 Å². The van der Waals surface area contributed by atoms with Gasteiger partial charge in [0.1, 0.15) is 29.5 Å². The smallest absolute Gasteiger partial charge is 0.319 e. The minimum absolute atomic E-state index is 0.0735. The van der Waals surface area contributed by atoms with Crippen molar-refractivity contribution < 1.29 is 27.4 Å². The summed E-state index contributed by atoms with van der Waals surface area (Å²) in [6.07, 6.45) is 1.60. The van der Waals surface area contributed by atoms with E-state index in [9.17, 15) is 13.9 Å². The quantitative estimate of drug-likeness (QED) is 0.204. The van der Waals surface area contributed by atoms with Gasteiger partial charge in [-0.2, -0.15) is 9.97 Å². The van der Waals surface area contributed by atoms with Gasteiger partial charge < -0.3 is 20.1 Å². The van der Waals surface area contributed by atoms with Crippen LogP contribution in [-0.2, 0) is 0 Å². The molecule has 0 saturated carbocycles. The summed E-state index contributed by atoms with van der Waals surface area (Å²) in [4.78, 5) is 13.2. The molecule has 3 saturated heterocycles. The van der Waals surface area contributed by atoms with Crippen molar-refractivity contribution in [1.82, 2.24) is 20.2 Å². The van der Waals surface area contributed by atoms with E-state index in [0.717, 1.165) is 12.8 Å². The van der Waals surface area contributed by atoms with Crippen LogP contribution in [0.2, 0.25) is 5.02 Å². The Hall–Kier alpha value is -3.41. The van der Waals surface area contributed by atoms with Gasteiger partial charge in [-0.1, -0.05) is 30.7 Å². The third-order valence-corrected chi connectivity index (χ3v) is 10.3. The number of piperidine rings is 1. The molecule has 0 aliphatic carbocycles. The van der Waals surface area contributed by atoms with Crippen LogP contribution in [0.25, 0.3) is 32.8 Å². The molecule has 4 aromatic rings. The maximum Gasteiger partial charge on any atom is 0.319 e. The fraction of sp³-hybridized carbons (Fsp3) is 0.486. The summed E-state index contributed by atoms with van der Waals surface area (Å²) < 4.78 is 68.7. The number of benzene rings is 3. The summed E-state index contributed by atoms with van der Waals surface area (Å²) in [6, 6.07) is 8.90. The van der Waals surface area contributed by atoms with Gasteiger partial charge in [-0.05, 0) is 69.3 Å². The first-order chi connectivity index (χ1) is 22.3. The summed E-state index contributed by atoms with van der Waals surface area (Å²) in [5.74, 6) is -4.53. The number of alkyl halides is 2. The zero-order chi connectivity index (χ0) is 33.3. The molecule has 2 N–H and O–H groups in total. The van der Waals surface area contributed by atoms with Crippen LogP contribution in [0.5, 0.6) is 11.8 Å². The fourth-order valence-corrected chi connectivity index (χ4v) is 8.23. The van der Waals surface area contributed by atoms with Crippen LogP contribution in [0.4, 0.5) is 23.4 Å². The highest BCUT2D eigenvalue weighted by Gasteiger charge is 2.53. The van der Waals surface area contributed by atoms with Crippen molar-refractivity contribution in [1.29, 1.82) is 0 Å². The van der Waals surface area contributed by atoms with Gasteiger partial charge >= 0.3 is 6.01 Å². The van der Waals surface area contributed by atoms with E-state index in [2.05, 4.69) is 36.0 Å². The molecule has 0 spiro atoms. The van der Waals surface area contributed by atoms with E-state index in [1.165, 1.54) is 18.2 Å². The first-order valence-electron chi connectivity index (χ1n) is 16.2. The van der Waals surface area contributed by atoms with Gasteiger partial charge in [-0.25, -0.2) is 17.6 Å². The molecule has 7 rings (SSSR count). The monoisotopic (exact) mass is 671 g/mol. The molecule has 3 aliphatic heterocycles. The normalized spacial score (nSPS) is 24.2. The Bertz CT molecular complexity index is 1870. The summed E-state index contributed by atoms with van der Waals surface area (Å²) in [7, 11) is 0. The Morgan fingerprint density at radius 3 is 2.70 bits per heavy atom. The molecule has 7 nitrogen and oxygen atoms in total. The van der Waals surface area contributed by atoms with Crippen LogP contribution in [0.3, 0.4) is 0 Å². The number of aromatic nitrogens is 2. The van der Waals surface area contributed by atoms with Gasteiger partial charge in [0.25, 0.3) is 5.92 Å². The maximum atomic E-state index is 16.9. The average molecular weight is 672 g/mol. The van der Waals surface area contributed by atoms with Crippen molar-refractivity contribution in [2.24, 2.45) is 0 Å². The molecule has 0 radical (unpaired) electrons. The largest absolute Gasteiger partial charge is 0.508 e. The van der Waals surface area contributed by atoms with Crippen LogP contribution < -0.4 is 15.0 Å². The van der Waals surface area contributed by atoms with E-state index >= 15 is 8.78 Å². The molecule has 2 atom stereocenters. The number of piperazine rings is 1. The van der Waals surface area contributed by atoms with Gasteiger partial charge in [0, 0.05) is 65.4 Å². The Morgan fingerprint density at radius 1 is 1.11 bits per heavy atom. The van der Waals surface area contributed by atoms with Crippen LogP contribution in [0, 0.1) is 11.6 Å². The van der Waals surface area contributed by atoms with E-state index in [-0.39, 0.29) is 70.8 Å². The summed E-state index contributed by atoms with van der Waals surface area (Å²) in [6.45, 7) is 8.06. The van der Waals surface area contributed by atoms with Gasteiger partial charge in [0.05, 0.1) is 11.1 Å². The Balaban J connectivity index is 1.39. The molecular weight excluding hydrogens is 634 g/mol. The zero-order valence-electron chi connectivity index (χ0n) is 26.6. The van der Waals surface area contributed by atoms with E-state index in [0.29, 0.717) is 42.6 Å². The molecule has 3 fully saturated rings. The number of rotatable bonds is 6. The lowest BCUT2D eigenvalue weighted by Crippen LogP contribution is -2.62. The lowest BCUT2D eigenvalue weighted by Gasteiger charge is -2.45. The highest BCUT2D eigenvalue weighted by molar-refractivity contribution is 6.36.